The van der Waals surface area contributed by atoms with Gasteiger partial charge in [-0.05, 0) is 92.2 Å². The smallest absolute Gasteiger partial charge is 0.387 e. The molecule has 16 heteroatoms. The fourth-order valence-electron chi connectivity index (χ4n) is 7.99. The molecule has 3 aromatic heterocycles. The van der Waals surface area contributed by atoms with Gasteiger partial charge in [0.25, 0.3) is 6.43 Å². The summed E-state index contributed by atoms with van der Waals surface area (Å²) in [5.41, 5.74) is 6.29. The number of aromatic nitrogens is 4. The third kappa shape index (κ3) is 8.04. The maximum atomic E-state index is 14.1. The molecule has 0 aliphatic carbocycles. The number of carbonyl (C=O) groups is 1. The first-order valence-electron chi connectivity index (χ1n) is 18.9. The maximum absolute atomic E-state index is 14.1. The Morgan fingerprint density at radius 2 is 1.72 bits per heavy atom. The zero-order valence-electron chi connectivity index (χ0n) is 32.0. The number of hydrogen-bond acceptors (Lipinski definition) is 11. The number of ether oxygens (including phenoxy) is 1. The summed E-state index contributed by atoms with van der Waals surface area (Å²) in [5, 5.41) is 23.1. The monoisotopic (exact) mass is 799 g/mol. The molecule has 302 valence electrons. The van der Waals surface area contributed by atoms with Gasteiger partial charge in [0.2, 0.25) is 5.89 Å². The molecule has 6 aromatic rings. The van der Waals surface area contributed by atoms with Gasteiger partial charge in [-0.1, -0.05) is 24.3 Å². The summed E-state index contributed by atoms with van der Waals surface area (Å²) in [7, 11) is 0. The van der Waals surface area contributed by atoms with Crippen LogP contribution < -0.4 is 10.1 Å². The number of benzene rings is 3. The van der Waals surface area contributed by atoms with Crippen LogP contribution in [0, 0.1) is 19.8 Å². The van der Waals surface area contributed by atoms with E-state index in [9.17, 15) is 32.6 Å². The first kappa shape index (κ1) is 39.1. The molecule has 2 fully saturated rings. The van der Waals surface area contributed by atoms with E-state index in [1.54, 1.807) is 25.3 Å². The van der Waals surface area contributed by atoms with Crippen LogP contribution in [-0.2, 0) is 17.9 Å². The second kappa shape index (κ2) is 15.6. The van der Waals surface area contributed by atoms with Crippen molar-refractivity contribution in [3.05, 3.63) is 88.9 Å². The molecule has 0 saturated carbocycles. The molecule has 58 heavy (non-hydrogen) atoms. The van der Waals surface area contributed by atoms with E-state index < -0.39 is 36.3 Å². The van der Waals surface area contributed by atoms with Gasteiger partial charge in [0, 0.05) is 61.8 Å². The molecular formula is C42H41F4N7O5. The van der Waals surface area contributed by atoms with E-state index in [0.717, 1.165) is 27.8 Å². The van der Waals surface area contributed by atoms with E-state index in [1.807, 2.05) is 55.1 Å². The molecule has 0 bridgehead atoms. The first-order valence-corrected chi connectivity index (χ1v) is 18.9. The minimum atomic E-state index is -3.08. The number of fused-ring (bicyclic) bond motifs is 2. The summed E-state index contributed by atoms with van der Waals surface area (Å²) < 4.78 is 66.2. The molecule has 2 atom stereocenters. The number of likely N-dealkylation sites (tertiary alicyclic amines) is 2. The van der Waals surface area contributed by atoms with E-state index in [4.69, 9.17) is 14.1 Å². The molecule has 5 heterocycles. The molecule has 0 spiro atoms. The molecule has 3 aromatic carbocycles. The zero-order chi connectivity index (χ0) is 40.9. The van der Waals surface area contributed by atoms with Gasteiger partial charge in [-0.3, -0.25) is 19.6 Å². The Morgan fingerprint density at radius 1 is 0.966 bits per heavy atom. The molecule has 3 N–H and O–H groups in total. The highest BCUT2D eigenvalue weighted by atomic mass is 19.3. The fraction of sp³-hybridized carbons (Fsp3) is 0.357. The summed E-state index contributed by atoms with van der Waals surface area (Å²) in [6.07, 6.45) is -0.140. The van der Waals surface area contributed by atoms with Crippen LogP contribution in [-0.4, -0.2) is 84.3 Å². The van der Waals surface area contributed by atoms with Gasteiger partial charge in [0.05, 0.1) is 17.0 Å². The van der Waals surface area contributed by atoms with Crippen molar-refractivity contribution in [1.82, 2.24) is 29.7 Å². The third-order valence-corrected chi connectivity index (χ3v) is 11.0. The Labute approximate surface area is 330 Å². The van der Waals surface area contributed by atoms with Gasteiger partial charge < -0.3 is 24.7 Å². The van der Waals surface area contributed by atoms with Crippen molar-refractivity contribution in [2.45, 2.75) is 65.3 Å². The number of nitrogens with one attached hydrogen (secondary N) is 1. The van der Waals surface area contributed by atoms with Crippen molar-refractivity contribution in [2.75, 3.05) is 31.5 Å². The summed E-state index contributed by atoms with van der Waals surface area (Å²) in [6.45, 7) is 5.23. The second-order valence-corrected chi connectivity index (χ2v) is 15.4. The zero-order valence-corrected chi connectivity index (χ0v) is 32.0. The van der Waals surface area contributed by atoms with Gasteiger partial charge in [-0.15, -0.1) is 0 Å². The summed E-state index contributed by atoms with van der Waals surface area (Å²) in [5.74, 6) is -1.72. The standard InChI is InChI=1S/C42H41F4N7O5/c1-22-27(6-4-8-29(22)39-50-31-15-26(20-52-12-10-25(19-52)40(54)55)33(58-41(45)46)16-34(31)57-39)28-7-5-9-30(23(28)2)48-37-35-32(49-38(51-37)36(43)44)14-24(17-47-35)18-53-13-11-42(3,56)21-53/h4-9,14-17,25,36,41,56H,10-13,18-21H2,1-3H3,(H,54,55)(H,48,49,51). The van der Waals surface area contributed by atoms with E-state index in [-0.39, 0.29) is 35.1 Å². The van der Waals surface area contributed by atoms with Crippen molar-refractivity contribution in [3.8, 4) is 28.3 Å². The molecule has 0 amide bonds. The van der Waals surface area contributed by atoms with Crippen molar-refractivity contribution in [2.24, 2.45) is 5.92 Å². The van der Waals surface area contributed by atoms with E-state index >= 15 is 0 Å². The number of halogens is 4. The van der Waals surface area contributed by atoms with Gasteiger partial charge in [-0.2, -0.15) is 8.78 Å². The third-order valence-electron chi connectivity index (χ3n) is 11.0. The van der Waals surface area contributed by atoms with Crippen LogP contribution in [0.5, 0.6) is 5.75 Å². The quantitative estimate of drug-likeness (QED) is 0.102. The number of pyridine rings is 1. The lowest BCUT2D eigenvalue weighted by Crippen LogP contribution is -2.29. The topological polar surface area (TPSA) is 150 Å². The molecule has 0 radical (unpaired) electrons. The van der Waals surface area contributed by atoms with Gasteiger partial charge in [0.1, 0.15) is 16.8 Å². The number of alkyl halides is 4. The second-order valence-electron chi connectivity index (χ2n) is 15.4. The molecule has 2 aliphatic heterocycles. The van der Waals surface area contributed by atoms with Crippen LogP contribution in [0.15, 0.2) is 65.2 Å². The predicted molar refractivity (Wildman–Crippen MR) is 208 cm³/mol. The van der Waals surface area contributed by atoms with Crippen molar-refractivity contribution >= 4 is 39.6 Å². The lowest BCUT2D eigenvalue weighted by molar-refractivity contribution is -0.141. The molecular weight excluding hydrogens is 758 g/mol. The molecule has 2 unspecified atom stereocenters. The number of hydrogen-bond donors (Lipinski definition) is 3. The summed E-state index contributed by atoms with van der Waals surface area (Å²) in [4.78, 5) is 33.1. The number of carboxylic acid groups (broad SMARTS) is 1. The van der Waals surface area contributed by atoms with Crippen LogP contribution in [0.4, 0.5) is 29.1 Å². The number of nitrogens with zero attached hydrogens (tertiary/aromatic N) is 6. The first-order chi connectivity index (χ1) is 27.7. The van der Waals surface area contributed by atoms with Crippen molar-refractivity contribution in [3.63, 3.8) is 0 Å². The van der Waals surface area contributed by atoms with Crippen LogP contribution in [0.3, 0.4) is 0 Å². The average molecular weight is 800 g/mol. The fourth-order valence-corrected chi connectivity index (χ4v) is 7.99. The minimum absolute atomic E-state index is 0.0700. The van der Waals surface area contributed by atoms with Crippen LogP contribution in [0.25, 0.3) is 44.7 Å². The predicted octanol–water partition coefficient (Wildman–Crippen LogP) is 8.26. The van der Waals surface area contributed by atoms with E-state index in [0.29, 0.717) is 73.4 Å². The van der Waals surface area contributed by atoms with Crippen molar-refractivity contribution < 1.29 is 41.7 Å². The number of rotatable bonds is 12. The Bertz CT molecular complexity index is 2530. The van der Waals surface area contributed by atoms with Crippen LogP contribution >= 0.6 is 0 Å². The van der Waals surface area contributed by atoms with Crippen LogP contribution in [0.2, 0.25) is 0 Å². The highest BCUT2D eigenvalue weighted by Gasteiger charge is 2.32. The molecule has 2 saturated heterocycles. The number of anilines is 2. The Balaban J connectivity index is 1.09. The Kier molecular flexibility index (Phi) is 10.5. The lowest BCUT2D eigenvalue weighted by atomic mass is 9.93. The Hall–Kier alpha value is -5.71. The van der Waals surface area contributed by atoms with Crippen molar-refractivity contribution in [1.29, 1.82) is 0 Å². The highest BCUT2D eigenvalue weighted by Crippen LogP contribution is 2.39. The molecule has 8 rings (SSSR count). The SMILES string of the molecule is Cc1c(Nc2nc(C(F)F)nc3cc(CN4CCC(C)(O)C4)cnc23)cccc1-c1cccc(-c2nc3cc(CN4CCC(C(=O)O)C4)c(OC(F)F)cc3o2)c1C. The average Bonchev–Trinajstić information content (AvgIpc) is 3.90. The van der Waals surface area contributed by atoms with Gasteiger partial charge >= 0.3 is 12.6 Å². The van der Waals surface area contributed by atoms with Gasteiger partial charge in [0.15, 0.2) is 17.2 Å². The number of aliphatic carboxylic acids is 1. The lowest BCUT2D eigenvalue weighted by Gasteiger charge is -2.19. The van der Waals surface area contributed by atoms with E-state index in [2.05, 4.69) is 25.2 Å². The maximum Gasteiger partial charge on any atom is 0.387 e. The normalized spacial score (nSPS) is 19.0. The molecule has 2 aliphatic rings. The summed E-state index contributed by atoms with van der Waals surface area (Å²) in [6, 6.07) is 16.0. The minimum Gasteiger partial charge on any atom is -0.481 e. The van der Waals surface area contributed by atoms with E-state index in [1.165, 1.54) is 6.07 Å². The van der Waals surface area contributed by atoms with Crippen LogP contribution in [0.1, 0.15) is 54.3 Å². The number of β-amino-alcohol motifs (C(OH)–C–C–N with tert-alkyl or cyclic N) is 1. The largest absolute Gasteiger partial charge is 0.481 e. The number of oxazole rings is 1. The van der Waals surface area contributed by atoms with Gasteiger partial charge in [-0.25, -0.2) is 23.7 Å². The highest BCUT2D eigenvalue weighted by molar-refractivity contribution is 5.89. The molecule has 12 nitrogen and oxygen atoms in total. The number of carboxylic acids is 1. The Morgan fingerprint density at radius 3 is 2.43 bits per heavy atom. The number of aliphatic hydroxyl groups is 1. The summed E-state index contributed by atoms with van der Waals surface area (Å²) >= 11 is 0.